The van der Waals surface area contributed by atoms with Crippen LogP contribution >= 0.6 is 0 Å². The maximum Gasteiger partial charge on any atom is 0.324 e. The van der Waals surface area contributed by atoms with Gasteiger partial charge >= 0.3 is 11.9 Å². The highest BCUT2D eigenvalue weighted by Gasteiger charge is 2.37. The van der Waals surface area contributed by atoms with E-state index in [2.05, 4.69) is 5.32 Å². The monoisotopic (exact) mass is 229 g/mol. The Labute approximate surface area is 95.5 Å². The summed E-state index contributed by atoms with van der Waals surface area (Å²) in [6.45, 7) is 4.91. The van der Waals surface area contributed by atoms with Gasteiger partial charge in [0.15, 0.2) is 0 Å². The number of ether oxygens (including phenoxy) is 2. The van der Waals surface area contributed by atoms with Crippen molar-refractivity contribution >= 4 is 11.9 Å². The number of nitrogens with one attached hydrogen (secondary N) is 1. The summed E-state index contributed by atoms with van der Waals surface area (Å²) in [6.07, 6.45) is 1.55. The smallest absolute Gasteiger partial charge is 0.324 e. The normalized spacial score (nSPS) is 24.9. The molecule has 0 aliphatic carbocycles. The first kappa shape index (κ1) is 13.0. The number of carbonyl (C=O) groups excluding carboxylic acids is 2. The van der Waals surface area contributed by atoms with Crippen LogP contribution < -0.4 is 5.32 Å². The van der Waals surface area contributed by atoms with Crippen molar-refractivity contribution in [3.05, 3.63) is 0 Å². The zero-order valence-electron chi connectivity index (χ0n) is 9.82. The Morgan fingerprint density at radius 1 is 1.19 bits per heavy atom. The van der Waals surface area contributed by atoms with Crippen molar-refractivity contribution in [2.45, 2.75) is 32.7 Å². The second-order valence-electron chi connectivity index (χ2n) is 3.68. The Bertz CT molecular complexity index is 228. The molecule has 0 radical (unpaired) electrons. The fourth-order valence-corrected chi connectivity index (χ4v) is 1.87. The molecule has 0 aromatic carbocycles. The first-order valence-corrected chi connectivity index (χ1v) is 5.77. The minimum absolute atomic E-state index is 0.312. The van der Waals surface area contributed by atoms with E-state index < -0.39 is 12.0 Å². The van der Waals surface area contributed by atoms with E-state index in [0.717, 1.165) is 13.0 Å². The summed E-state index contributed by atoms with van der Waals surface area (Å²) in [4.78, 5) is 23.3. The van der Waals surface area contributed by atoms with Crippen molar-refractivity contribution in [1.82, 2.24) is 5.32 Å². The predicted molar refractivity (Wildman–Crippen MR) is 57.8 cm³/mol. The van der Waals surface area contributed by atoms with Crippen LogP contribution in [0.4, 0.5) is 0 Å². The average Bonchev–Trinajstić information content (AvgIpc) is 2.30. The molecule has 5 heteroatoms. The number of hydrogen-bond donors (Lipinski definition) is 1. The molecule has 1 rings (SSSR count). The van der Waals surface area contributed by atoms with E-state index in [1.165, 1.54) is 0 Å². The van der Waals surface area contributed by atoms with Crippen LogP contribution in [0.25, 0.3) is 0 Å². The van der Waals surface area contributed by atoms with Crippen LogP contribution in [0.2, 0.25) is 0 Å². The van der Waals surface area contributed by atoms with Crippen LogP contribution in [-0.4, -0.2) is 37.7 Å². The Kier molecular flexibility index (Phi) is 5.25. The van der Waals surface area contributed by atoms with Gasteiger partial charge in [-0.15, -0.1) is 0 Å². The molecule has 2 atom stereocenters. The summed E-state index contributed by atoms with van der Waals surface area (Å²) < 4.78 is 9.88. The molecule has 1 aliphatic rings. The van der Waals surface area contributed by atoms with E-state index in [4.69, 9.17) is 9.47 Å². The summed E-state index contributed by atoms with van der Waals surface area (Å²) in [5.74, 6) is -1.08. The Balaban J connectivity index is 2.63. The lowest BCUT2D eigenvalue weighted by Crippen LogP contribution is -2.50. The molecule has 16 heavy (non-hydrogen) atoms. The molecule has 1 fully saturated rings. The zero-order valence-corrected chi connectivity index (χ0v) is 9.82. The van der Waals surface area contributed by atoms with Crippen LogP contribution in [-0.2, 0) is 19.1 Å². The zero-order chi connectivity index (χ0) is 12.0. The van der Waals surface area contributed by atoms with Gasteiger partial charge in [-0.2, -0.15) is 0 Å². The third-order valence-corrected chi connectivity index (χ3v) is 2.59. The topological polar surface area (TPSA) is 64.6 Å². The number of esters is 2. The first-order valence-electron chi connectivity index (χ1n) is 5.77. The molecule has 0 spiro atoms. The predicted octanol–water partition coefficient (Wildman–Crippen LogP) is 0.481. The Morgan fingerprint density at radius 2 is 1.81 bits per heavy atom. The number of piperidine rings is 1. The fraction of sp³-hybridized carbons (Fsp3) is 0.818. The van der Waals surface area contributed by atoms with Crippen LogP contribution in [0.5, 0.6) is 0 Å². The van der Waals surface area contributed by atoms with Crippen molar-refractivity contribution in [2.75, 3.05) is 19.8 Å². The minimum atomic E-state index is -0.548. The largest absolute Gasteiger partial charge is 0.466 e. The van der Waals surface area contributed by atoms with Gasteiger partial charge in [0, 0.05) is 0 Å². The third-order valence-electron chi connectivity index (χ3n) is 2.59. The maximum absolute atomic E-state index is 11.6. The molecule has 1 saturated heterocycles. The summed E-state index contributed by atoms with van der Waals surface area (Å²) in [5.41, 5.74) is 0. The van der Waals surface area contributed by atoms with Gasteiger partial charge in [0.05, 0.1) is 19.1 Å². The van der Waals surface area contributed by atoms with Crippen LogP contribution in [0, 0.1) is 5.92 Å². The molecule has 0 saturated carbocycles. The highest BCUT2D eigenvalue weighted by atomic mass is 16.5. The molecule has 0 bridgehead atoms. The molecule has 5 nitrogen and oxygen atoms in total. The lowest BCUT2D eigenvalue weighted by atomic mass is 9.91. The second-order valence-corrected chi connectivity index (χ2v) is 3.68. The standard InChI is InChI=1S/C11H19NO4/c1-3-15-10(13)8-6-5-7-12-9(8)11(14)16-4-2/h8-9,12H,3-7H2,1-2H3. The van der Waals surface area contributed by atoms with Gasteiger partial charge in [-0.05, 0) is 33.2 Å². The number of rotatable bonds is 4. The van der Waals surface area contributed by atoms with Gasteiger partial charge in [-0.25, -0.2) is 0 Å². The summed E-state index contributed by atoms with van der Waals surface area (Å²) in [6, 6.07) is -0.548. The molecule has 1 heterocycles. The molecule has 1 aliphatic heterocycles. The van der Waals surface area contributed by atoms with Crippen molar-refractivity contribution in [1.29, 1.82) is 0 Å². The van der Waals surface area contributed by atoms with Gasteiger partial charge in [-0.3, -0.25) is 9.59 Å². The van der Waals surface area contributed by atoms with Gasteiger partial charge in [-0.1, -0.05) is 0 Å². The highest BCUT2D eigenvalue weighted by molar-refractivity contribution is 5.85. The van der Waals surface area contributed by atoms with Gasteiger partial charge in [0.2, 0.25) is 0 Å². The molecule has 2 unspecified atom stereocenters. The first-order chi connectivity index (χ1) is 7.70. The van der Waals surface area contributed by atoms with Crippen LogP contribution in [0.1, 0.15) is 26.7 Å². The molecule has 0 amide bonds. The lowest BCUT2D eigenvalue weighted by molar-refractivity contribution is -0.158. The quantitative estimate of drug-likeness (QED) is 0.710. The number of hydrogen-bond acceptors (Lipinski definition) is 5. The molecule has 1 N–H and O–H groups in total. The van der Waals surface area contributed by atoms with Gasteiger partial charge in [0.25, 0.3) is 0 Å². The van der Waals surface area contributed by atoms with E-state index in [1.54, 1.807) is 13.8 Å². The van der Waals surface area contributed by atoms with Crippen molar-refractivity contribution in [2.24, 2.45) is 5.92 Å². The Morgan fingerprint density at radius 3 is 2.44 bits per heavy atom. The van der Waals surface area contributed by atoms with Crippen LogP contribution in [0.15, 0.2) is 0 Å². The SMILES string of the molecule is CCOC(=O)C1CCCNC1C(=O)OCC. The molecule has 92 valence electrons. The van der Waals surface area contributed by atoms with E-state index in [1.807, 2.05) is 0 Å². The summed E-state index contributed by atoms with van der Waals surface area (Å²) in [7, 11) is 0. The maximum atomic E-state index is 11.6. The van der Waals surface area contributed by atoms with Crippen molar-refractivity contribution in [3.8, 4) is 0 Å². The molecular formula is C11H19NO4. The average molecular weight is 229 g/mol. The van der Waals surface area contributed by atoms with E-state index in [0.29, 0.717) is 19.6 Å². The lowest BCUT2D eigenvalue weighted by Gasteiger charge is -2.29. The minimum Gasteiger partial charge on any atom is -0.466 e. The van der Waals surface area contributed by atoms with Crippen molar-refractivity contribution in [3.63, 3.8) is 0 Å². The molecule has 0 aromatic heterocycles. The molecular weight excluding hydrogens is 210 g/mol. The van der Waals surface area contributed by atoms with Crippen LogP contribution in [0.3, 0.4) is 0 Å². The third kappa shape index (κ3) is 3.20. The Hall–Kier alpha value is -1.10. The number of carbonyl (C=O) groups is 2. The van der Waals surface area contributed by atoms with Gasteiger partial charge < -0.3 is 14.8 Å². The highest BCUT2D eigenvalue weighted by Crippen LogP contribution is 2.19. The van der Waals surface area contributed by atoms with E-state index >= 15 is 0 Å². The fourth-order valence-electron chi connectivity index (χ4n) is 1.87. The van der Waals surface area contributed by atoms with E-state index in [-0.39, 0.29) is 11.9 Å². The summed E-state index contributed by atoms with van der Waals surface area (Å²) >= 11 is 0. The molecule has 0 aromatic rings. The van der Waals surface area contributed by atoms with Crippen molar-refractivity contribution < 1.29 is 19.1 Å². The second kappa shape index (κ2) is 6.48. The van der Waals surface area contributed by atoms with E-state index in [9.17, 15) is 9.59 Å². The summed E-state index contributed by atoms with van der Waals surface area (Å²) in [5, 5.41) is 3.02. The van der Waals surface area contributed by atoms with Gasteiger partial charge in [0.1, 0.15) is 6.04 Å².